The molecule has 0 heterocycles. The molecular formula is C26H56O4PTi. The van der Waals surface area contributed by atoms with Crippen LogP contribution in [0.2, 0.25) is 9.45 Å². The molecule has 0 aromatic carbocycles. The van der Waals surface area contributed by atoms with Crippen molar-refractivity contribution in [2.45, 2.75) is 165 Å². The molecule has 0 atom stereocenters. The average Bonchev–Trinajstić information content (AvgIpc) is 2.74. The minimum atomic E-state index is -4.31. The molecule has 0 amide bonds. The molecule has 193 valence electrons. The molecule has 2 N–H and O–H groups in total. The normalized spacial score (nSPS) is 11.9. The Morgan fingerprint density at radius 3 is 1.00 bits per heavy atom. The Kier molecular flexibility index (Phi) is 25.6. The number of phosphoric acid groups is 1. The van der Waals surface area contributed by atoms with Crippen LogP contribution < -0.4 is 0 Å². The molecule has 0 unspecified atom stereocenters. The van der Waals surface area contributed by atoms with E-state index in [4.69, 9.17) is 3.11 Å². The van der Waals surface area contributed by atoms with Crippen LogP contribution in [-0.4, -0.2) is 9.79 Å². The van der Waals surface area contributed by atoms with Gasteiger partial charge in [-0.3, -0.25) is 0 Å². The Morgan fingerprint density at radius 1 is 0.500 bits per heavy atom. The van der Waals surface area contributed by atoms with Gasteiger partial charge in [0, 0.05) is 0 Å². The van der Waals surface area contributed by atoms with E-state index in [-0.39, 0.29) is 0 Å². The molecule has 4 nitrogen and oxygen atoms in total. The van der Waals surface area contributed by atoms with E-state index >= 15 is 0 Å². The van der Waals surface area contributed by atoms with Crippen molar-refractivity contribution in [3.63, 3.8) is 0 Å². The monoisotopic (exact) mass is 511 g/mol. The molecule has 0 aromatic rings. The molecule has 32 heavy (non-hydrogen) atoms. The zero-order chi connectivity index (χ0) is 23.8. The summed E-state index contributed by atoms with van der Waals surface area (Å²) in [7, 11) is -4.31. The van der Waals surface area contributed by atoms with E-state index in [1.54, 1.807) is 0 Å². The maximum absolute atomic E-state index is 11.4. The molecule has 0 radical (unpaired) electrons. The van der Waals surface area contributed by atoms with Gasteiger partial charge >= 0.3 is 194 Å². The molecule has 0 bridgehead atoms. The minimum absolute atomic E-state index is 0.944. The van der Waals surface area contributed by atoms with Gasteiger partial charge in [0.15, 0.2) is 0 Å². The summed E-state index contributed by atoms with van der Waals surface area (Å²) in [6, 6.07) is 0. The van der Waals surface area contributed by atoms with E-state index in [0.717, 1.165) is 22.3 Å². The first-order valence-corrected chi connectivity index (χ1v) is 18.5. The topological polar surface area (TPSA) is 66.8 Å². The molecule has 0 saturated heterocycles. The second-order valence-corrected chi connectivity index (χ2v) is 15.0. The third-order valence-electron chi connectivity index (χ3n) is 6.37. The van der Waals surface area contributed by atoms with Crippen molar-refractivity contribution in [2.75, 3.05) is 0 Å². The summed E-state index contributed by atoms with van der Waals surface area (Å²) in [6.45, 7) is 4.52. The Bertz CT molecular complexity index is 391. The summed E-state index contributed by atoms with van der Waals surface area (Å²) >= 11 is -2.08. The van der Waals surface area contributed by atoms with Crippen LogP contribution in [0.5, 0.6) is 0 Å². The van der Waals surface area contributed by atoms with Gasteiger partial charge in [0.2, 0.25) is 0 Å². The zero-order valence-electron chi connectivity index (χ0n) is 21.6. The van der Waals surface area contributed by atoms with Crippen LogP contribution in [0.3, 0.4) is 0 Å². The zero-order valence-corrected chi connectivity index (χ0v) is 24.1. The van der Waals surface area contributed by atoms with Gasteiger partial charge in [-0.25, -0.2) is 0 Å². The van der Waals surface area contributed by atoms with Crippen LogP contribution in [0.25, 0.3) is 0 Å². The van der Waals surface area contributed by atoms with Crippen molar-refractivity contribution in [3.05, 3.63) is 0 Å². The SMILES string of the molecule is CCCCCCCCCCCC[CH2][Ti]([CH2]CCCCCCCCCCCC)[O]P(=O)(O)O. The van der Waals surface area contributed by atoms with E-state index in [1.165, 1.54) is 128 Å². The van der Waals surface area contributed by atoms with Gasteiger partial charge < -0.3 is 0 Å². The molecule has 0 spiro atoms. The third-order valence-corrected chi connectivity index (χ3v) is 12.0. The van der Waals surface area contributed by atoms with E-state index in [2.05, 4.69) is 13.8 Å². The molecule has 0 aliphatic rings. The Balaban J connectivity index is 3.68. The van der Waals surface area contributed by atoms with Gasteiger partial charge in [-0.15, -0.1) is 0 Å². The predicted molar refractivity (Wildman–Crippen MR) is 136 cm³/mol. The van der Waals surface area contributed by atoms with Crippen LogP contribution in [0.15, 0.2) is 0 Å². The van der Waals surface area contributed by atoms with E-state index in [9.17, 15) is 14.4 Å². The van der Waals surface area contributed by atoms with Crippen LogP contribution in [-0.2, 0) is 25.9 Å². The maximum atomic E-state index is 11.4. The fourth-order valence-corrected chi connectivity index (χ4v) is 9.71. The van der Waals surface area contributed by atoms with E-state index < -0.39 is 26.1 Å². The van der Waals surface area contributed by atoms with Gasteiger partial charge in [0.05, 0.1) is 0 Å². The predicted octanol–water partition coefficient (Wildman–Crippen LogP) is 10.1. The molecule has 0 fully saturated rings. The Morgan fingerprint density at radius 2 is 0.750 bits per heavy atom. The number of hydrogen-bond donors (Lipinski definition) is 2. The van der Waals surface area contributed by atoms with Crippen LogP contribution in [0.1, 0.15) is 155 Å². The van der Waals surface area contributed by atoms with Crippen molar-refractivity contribution in [1.29, 1.82) is 0 Å². The Labute approximate surface area is 207 Å². The summed E-state index contributed by atoms with van der Waals surface area (Å²) in [5.74, 6) is 0. The molecule has 6 heteroatoms. The number of rotatable bonds is 26. The van der Waals surface area contributed by atoms with Crippen molar-refractivity contribution in [3.8, 4) is 0 Å². The molecule has 0 aliphatic carbocycles. The molecule has 0 rings (SSSR count). The summed E-state index contributed by atoms with van der Waals surface area (Å²) < 4.78 is 18.5. The second-order valence-electron chi connectivity index (χ2n) is 9.69. The number of hydrogen-bond acceptors (Lipinski definition) is 2. The quantitative estimate of drug-likeness (QED) is 0.0689. The van der Waals surface area contributed by atoms with Crippen molar-refractivity contribution in [1.82, 2.24) is 0 Å². The van der Waals surface area contributed by atoms with Crippen LogP contribution in [0.4, 0.5) is 0 Å². The van der Waals surface area contributed by atoms with Crippen molar-refractivity contribution in [2.24, 2.45) is 0 Å². The first-order chi connectivity index (χ1) is 15.5. The Hall–Kier alpha value is 0.824. The second kappa shape index (κ2) is 24.9. The number of unbranched alkanes of at least 4 members (excludes halogenated alkanes) is 20. The molecule has 0 aliphatic heterocycles. The standard InChI is InChI=1S/2C13H27.H3O4P.Ti/c2*1-3-5-7-9-11-13-12-10-8-6-4-2;1-5(2,3)4;/h2*1,3-13H2,2H3;(H3,1,2,3,4);/q;;;+1/p-1. The van der Waals surface area contributed by atoms with E-state index in [1.807, 2.05) is 0 Å². The van der Waals surface area contributed by atoms with Gasteiger partial charge in [-0.05, 0) is 0 Å². The van der Waals surface area contributed by atoms with Gasteiger partial charge in [-0.2, -0.15) is 0 Å². The van der Waals surface area contributed by atoms with E-state index in [0.29, 0.717) is 0 Å². The van der Waals surface area contributed by atoms with Gasteiger partial charge in [0.25, 0.3) is 0 Å². The molecule has 0 saturated carbocycles. The first kappa shape index (κ1) is 32.8. The summed E-state index contributed by atoms with van der Waals surface area (Å²) in [4.78, 5) is 18.5. The van der Waals surface area contributed by atoms with Crippen LogP contribution >= 0.6 is 7.82 Å². The summed E-state index contributed by atoms with van der Waals surface area (Å²) in [5, 5.41) is 0. The van der Waals surface area contributed by atoms with Crippen LogP contribution in [0, 0.1) is 0 Å². The third kappa shape index (κ3) is 27.1. The van der Waals surface area contributed by atoms with Gasteiger partial charge in [0.1, 0.15) is 0 Å². The van der Waals surface area contributed by atoms with Crippen molar-refractivity contribution < 1.29 is 35.7 Å². The molecular weight excluding hydrogens is 455 g/mol. The summed E-state index contributed by atoms with van der Waals surface area (Å²) in [5.41, 5.74) is 0. The summed E-state index contributed by atoms with van der Waals surface area (Å²) in [6.07, 6.45) is 28.8. The van der Waals surface area contributed by atoms with Crippen molar-refractivity contribution >= 4 is 7.82 Å². The fourth-order valence-electron chi connectivity index (χ4n) is 4.36. The average molecular weight is 512 g/mol. The molecule has 0 aromatic heterocycles. The first-order valence-electron chi connectivity index (χ1n) is 14.1. The van der Waals surface area contributed by atoms with Gasteiger partial charge in [-0.1, -0.05) is 13.8 Å². The fraction of sp³-hybridized carbons (Fsp3) is 1.00.